The molecule has 3 rings (SSSR count). The van der Waals surface area contributed by atoms with E-state index in [1.807, 2.05) is 24.3 Å². The van der Waals surface area contributed by atoms with Gasteiger partial charge in [-0.2, -0.15) is 0 Å². The lowest BCUT2D eigenvalue weighted by Gasteiger charge is -2.20. The fourth-order valence-corrected chi connectivity index (χ4v) is 2.78. The number of anilines is 4. The lowest BCUT2D eigenvalue weighted by molar-refractivity contribution is -0.116. The van der Waals surface area contributed by atoms with Crippen LogP contribution in [0.5, 0.6) is 0 Å². The molecule has 1 aliphatic heterocycles. The van der Waals surface area contributed by atoms with Crippen molar-refractivity contribution in [3.63, 3.8) is 0 Å². The fraction of sp³-hybridized carbons (Fsp3) is 0.133. The van der Waals surface area contributed by atoms with Gasteiger partial charge in [0, 0.05) is 22.3 Å². The van der Waals surface area contributed by atoms with Gasteiger partial charge in [-0.1, -0.05) is 11.6 Å². The zero-order chi connectivity index (χ0) is 15.0. The van der Waals surface area contributed by atoms with E-state index >= 15 is 0 Å². The smallest absolute Gasteiger partial charge is 0.224 e. The second-order valence-electron chi connectivity index (χ2n) is 4.90. The van der Waals surface area contributed by atoms with E-state index < -0.39 is 0 Å². The van der Waals surface area contributed by atoms with E-state index in [0.29, 0.717) is 17.1 Å². The van der Waals surface area contributed by atoms with Crippen molar-refractivity contribution < 1.29 is 4.79 Å². The Morgan fingerprint density at radius 2 is 2.05 bits per heavy atom. The average molecular weight is 367 g/mol. The van der Waals surface area contributed by atoms with Crippen molar-refractivity contribution in [2.45, 2.75) is 12.8 Å². The summed E-state index contributed by atoms with van der Waals surface area (Å²) in [6.45, 7) is 0. The number of benzene rings is 2. The molecule has 0 spiro atoms. The van der Waals surface area contributed by atoms with E-state index in [-0.39, 0.29) is 5.91 Å². The molecule has 2 aromatic rings. The zero-order valence-corrected chi connectivity index (χ0v) is 13.4. The summed E-state index contributed by atoms with van der Waals surface area (Å²) in [6.07, 6.45) is 1.23. The number of hydrogen-bond donors (Lipinski definition) is 3. The molecule has 4 N–H and O–H groups in total. The molecule has 0 saturated carbocycles. The third-order valence-electron chi connectivity index (χ3n) is 3.37. The van der Waals surface area contributed by atoms with Gasteiger partial charge < -0.3 is 16.4 Å². The van der Waals surface area contributed by atoms with Crippen LogP contribution in [0.2, 0.25) is 5.02 Å². The Hall–Kier alpha value is -1.72. The first-order chi connectivity index (χ1) is 10.0. The van der Waals surface area contributed by atoms with E-state index in [9.17, 15) is 4.79 Å². The summed E-state index contributed by atoms with van der Waals surface area (Å²) >= 11 is 9.38. The maximum atomic E-state index is 11.4. The number of halogens is 2. The molecule has 2 aromatic carbocycles. The molecular weight excluding hydrogens is 354 g/mol. The summed E-state index contributed by atoms with van der Waals surface area (Å²) in [6, 6.07) is 9.35. The average Bonchev–Trinajstić information content (AvgIpc) is 2.44. The van der Waals surface area contributed by atoms with Crippen LogP contribution in [0.15, 0.2) is 34.8 Å². The summed E-state index contributed by atoms with van der Waals surface area (Å²) < 4.78 is 0.818. The molecule has 0 fully saturated rings. The Morgan fingerprint density at radius 1 is 1.24 bits per heavy atom. The Kier molecular flexibility index (Phi) is 3.78. The number of fused-ring (bicyclic) bond motifs is 1. The van der Waals surface area contributed by atoms with E-state index in [4.69, 9.17) is 17.3 Å². The van der Waals surface area contributed by atoms with Crippen LogP contribution in [-0.2, 0) is 11.2 Å². The molecule has 0 aromatic heterocycles. The van der Waals surface area contributed by atoms with Gasteiger partial charge in [-0.15, -0.1) is 0 Å². The number of carbonyl (C=O) groups is 1. The molecule has 6 heteroatoms. The van der Waals surface area contributed by atoms with Gasteiger partial charge in [0.1, 0.15) is 0 Å². The summed E-state index contributed by atoms with van der Waals surface area (Å²) in [4.78, 5) is 11.4. The SMILES string of the molecule is Nc1cc2c(cc1Nc1ccc(Cl)c(Br)c1)CCC(=O)N2. The number of rotatable bonds is 2. The number of nitrogens with two attached hydrogens (primary N) is 1. The molecule has 4 nitrogen and oxygen atoms in total. The first-order valence-corrected chi connectivity index (χ1v) is 7.64. The molecule has 0 unspecified atom stereocenters. The molecule has 108 valence electrons. The number of nitrogens with one attached hydrogen (secondary N) is 2. The number of hydrogen-bond acceptors (Lipinski definition) is 3. The van der Waals surface area contributed by atoms with Crippen molar-refractivity contribution in [3.8, 4) is 0 Å². The summed E-state index contributed by atoms with van der Waals surface area (Å²) in [5, 5.41) is 6.77. The van der Waals surface area contributed by atoms with Gasteiger partial charge in [-0.05, 0) is 58.2 Å². The van der Waals surface area contributed by atoms with Crippen LogP contribution < -0.4 is 16.4 Å². The minimum Gasteiger partial charge on any atom is -0.397 e. The summed E-state index contributed by atoms with van der Waals surface area (Å²) in [7, 11) is 0. The largest absolute Gasteiger partial charge is 0.397 e. The minimum atomic E-state index is 0.0317. The molecule has 0 saturated heterocycles. The number of amides is 1. The maximum Gasteiger partial charge on any atom is 0.224 e. The highest BCUT2D eigenvalue weighted by Gasteiger charge is 2.16. The predicted molar refractivity (Wildman–Crippen MR) is 90.2 cm³/mol. The Balaban J connectivity index is 1.92. The van der Waals surface area contributed by atoms with Crippen LogP contribution in [0.3, 0.4) is 0 Å². The summed E-state index contributed by atoms with van der Waals surface area (Å²) in [5.74, 6) is 0.0317. The van der Waals surface area contributed by atoms with Gasteiger partial charge in [-0.25, -0.2) is 0 Å². The maximum absolute atomic E-state index is 11.4. The highest BCUT2D eigenvalue weighted by molar-refractivity contribution is 9.10. The Bertz CT molecular complexity index is 733. The van der Waals surface area contributed by atoms with Crippen LogP contribution in [-0.4, -0.2) is 5.91 Å². The summed E-state index contributed by atoms with van der Waals surface area (Å²) in [5.41, 5.74) is 10.2. The van der Waals surface area contributed by atoms with Crippen molar-refractivity contribution in [2.24, 2.45) is 0 Å². The third kappa shape index (κ3) is 2.99. The number of nitrogen functional groups attached to an aromatic ring is 1. The van der Waals surface area contributed by atoms with E-state index in [0.717, 1.165) is 33.5 Å². The van der Waals surface area contributed by atoms with Gasteiger partial charge in [0.2, 0.25) is 5.91 Å². The van der Waals surface area contributed by atoms with Crippen LogP contribution in [0, 0.1) is 0 Å². The van der Waals surface area contributed by atoms with Gasteiger partial charge in [0.15, 0.2) is 0 Å². The second kappa shape index (κ2) is 5.58. The molecule has 0 radical (unpaired) electrons. The van der Waals surface area contributed by atoms with Crippen molar-refractivity contribution in [3.05, 3.63) is 45.4 Å². The predicted octanol–water partition coefficient (Wildman–Crippen LogP) is 4.31. The van der Waals surface area contributed by atoms with Crippen molar-refractivity contribution >= 4 is 56.2 Å². The quantitative estimate of drug-likeness (QED) is 0.694. The van der Waals surface area contributed by atoms with Crippen LogP contribution in [0.25, 0.3) is 0 Å². The Morgan fingerprint density at radius 3 is 2.81 bits per heavy atom. The fourth-order valence-electron chi connectivity index (χ4n) is 2.28. The lowest BCUT2D eigenvalue weighted by Crippen LogP contribution is -2.19. The third-order valence-corrected chi connectivity index (χ3v) is 4.58. The monoisotopic (exact) mass is 365 g/mol. The van der Waals surface area contributed by atoms with Crippen molar-refractivity contribution in [1.29, 1.82) is 0 Å². The highest BCUT2D eigenvalue weighted by Crippen LogP contribution is 2.34. The van der Waals surface area contributed by atoms with Gasteiger partial charge >= 0.3 is 0 Å². The van der Waals surface area contributed by atoms with Gasteiger partial charge in [0.25, 0.3) is 0 Å². The first kappa shape index (κ1) is 14.2. The normalized spacial score (nSPS) is 13.5. The first-order valence-electron chi connectivity index (χ1n) is 6.47. The molecule has 0 aliphatic carbocycles. The molecule has 1 amide bonds. The molecule has 21 heavy (non-hydrogen) atoms. The van der Waals surface area contributed by atoms with Crippen molar-refractivity contribution in [2.75, 3.05) is 16.4 Å². The van der Waals surface area contributed by atoms with E-state index in [1.165, 1.54) is 0 Å². The van der Waals surface area contributed by atoms with E-state index in [2.05, 4.69) is 26.6 Å². The topological polar surface area (TPSA) is 67.1 Å². The second-order valence-corrected chi connectivity index (χ2v) is 6.16. The zero-order valence-electron chi connectivity index (χ0n) is 11.0. The molecule has 0 atom stereocenters. The molecule has 1 aliphatic rings. The molecule has 0 bridgehead atoms. The molecule has 1 heterocycles. The highest BCUT2D eigenvalue weighted by atomic mass is 79.9. The van der Waals surface area contributed by atoms with E-state index in [1.54, 1.807) is 6.07 Å². The van der Waals surface area contributed by atoms with Gasteiger partial charge in [-0.3, -0.25) is 4.79 Å². The van der Waals surface area contributed by atoms with Crippen LogP contribution in [0.4, 0.5) is 22.7 Å². The van der Waals surface area contributed by atoms with Crippen LogP contribution >= 0.6 is 27.5 Å². The van der Waals surface area contributed by atoms with Crippen LogP contribution in [0.1, 0.15) is 12.0 Å². The standard InChI is InChI=1S/C15H13BrClN3O/c16-10-6-9(2-3-11(10)17)19-14-5-8-1-4-15(21)20-13(8)7-12(14)18/h2-3,5-7,19H,1,4,18H2,(H,20,21). The lowest BCUT2D eigenvalue weighted by atomic mass is 10.0. The number of carbonyl (C=O) groups excluding carboxylic acids is 1. The Labute approximate surface area is 135 Å². The molecular formula is C15H13BrClN3O. The van der Waals surface area contributed by atoms with Gasteiger partial charge in [0.05, 0.1) is 16.4 Å². The number of aryl methyl sites for hydroxylation is 1. The van der Waals surface area contributed by atoms with Crippen molar-refractivity contribution in [1.82, 2.24) is 0 Å². The minimum absolute atomic E-state index is 0.0317.